The quantitative estimate of drug-likeness (QED) is 0.799. The number of ether oxygens (including phenoxy) is 1. The number of aryl methyl sites for hydroxylation is 1. The van der Waals surface area contributed by atoms with Gasteiger partial charge in [-0.25, -0.2) is 4.98 Å². The third kappa shape index (κ3) is 4.37. The molecule has 0 fully saturated rings. The summed E-state index contributed by atoms with van der Waals surface area (Å²) in [5, 5.41) is 3.80. The molecule has 0 radical (unpaired) electrons. The van der Waals surface area contributed by atoms with Gasteiger partial charge in [-0.2, -0.15) is 0 Å². The summed E-state index contributed by atoms with van der Waals surface area (Å²) < 4.78 is 5.25. The molecule has 1 aromatic carbocycles. The fourth-order valence-electron chi connectivity index (χ4n) is 1.91. The van der Waals surface area contributed by atoms with Crippen LogP contribution >= 0.6 is 11.3 Å². The lowest BCUT2D eigenvalue weighted by molar-refractivity contribution is 0.0947. The lowest BCUT2D eigenvalue weighted by Crippen LogP contribution is -2.25. The first kappa shape index (κ1) is 15.7. The predicted octanol–water partition coefficient (Wildman–Crippen LogP) is 3.27. The Morgan fingerprint density at radius 1 is 1.33 bits per heavy atom. The summed E-state index contributed by atoms with van der Waals surface area (Å²) in [4.78, 5) is 17.3. The SMILES string of the molecule is CCOCCCNC(=O)c1sc(-c2ccccc2)nc1C. The van der Waals surface area contributed by atoms with Gasteiger partial charge in [-0.05, 0) is 20.3 Å². The molecule has 0 atom stereocenters. The van der Waals surface area contributed by atoms with E-state index >= 15 is 0 Å². The maximum absolute atomic E-state index is 12.2. The van der Waals surface area contributed by atoms with Gasteiger partial charge in [0, 0.05) is 25.3 Å². The van der Waals surface area contributed by atoms with Gasteiger partial charge in [-0.3, -0.25) is 4.79 Å². The molecule has 2 aromatic rings. The second-order valence-corrected chi connectivity index (χ2v) is 5.61. The molecule has 1 N–H and O–H groups in total. The minimum absolute atomic E-state index is 0.0521. The lowest BCUT2D eigenvalue weighted by atomic mass is 10.2. The molecule has 2 rings (SSSR count). The number of hydrogen-bond donors (Lipinski definition) is 1. The number of carbonyl (C=O) groups excluding carboxylic acids is 1. The number of nitrogens with zero attached hydrogens (tertiary/aromatic N) is 1. The first-order chi connectivity index (χ1) is 10.2. The summed E-state index contributed by atoms with van der Waals surface area (Å²) in [6, 6.07) is 9.92. The van der Waals surface area contributed by atoms with E-state index in [-0.39, 0.29) is 5.91 Å². The average Bonchev–Trinajstić information content (AvgIpc) is 2.90. The first-order valence-corrected chi connectivity index (χ1v) is 7.92. The molecule has 0 unspecified atom stereocenters. The molecule has 0 aliphatic rings. The Hall–Kier alpha value is -1.72. The van der Waals surface area contributed by atoms with E-state index in [1.807, 2.05) is 44.2 Å². The second-order valence-electron chi connectivity index (χ2n) is 4.61. The molecule has 112 valence electrons. The molecule has 0 bridgehead atoms. The molecule has 1 heterocycles. The van der Waals surface area contributed by atoms with Crippen LogP contribution in [0.5, 0.6) is 0 Å². The zero-order valence-corrected chi connectivity index (χ0v) is 13.2. The molecular weight excluding hydrogens is 284 g/mol. The minimum Gasteiger partial charge on any atom is -0.382 e. The van der Waals surface area contributed by atoms with Crippen LogP contribution in [0.1, 0.15) is 28.7 Å². The van der Waals surface area contributed by atoms with Crippen molar-refractivity contribution >= 4 is 17.2 Å². The second kappa shape index (κ2) is 7.90. The molecular formula is C16H20N2O2S. The normalized spacial score (nSPS) is 10.6. The van der Waals surface area contributed by atoms with Gasteiger partial charge in [0.15, 0.2) is 0 Å². The predicted molar refractivity (Wildman–Crippen MR) is 85.7 cm³/mol. The molecule has 4 nitrogen and oxygen atoms in total. The number of amides is 1. The highest BCUT2D eigenvalue weighted by Crippen LogP contribution is 2.27. The summed E-state index contributed by atoms with van der Waals surface area (Å²) in [6.07, 6.45) is 0.822. The van der Waals surface area contributed by atoms with Gasteiger partial charge < -0.3 is 10.1 Å². The summed E-state index contributed by atoms with van der Waals surface area (Å²) in [5.41, 5.74) is 1.82. The number of carbonyl (C=O) groups is 1. The molecule has 1 amide bonds. The van der Waals surface area contributed by atoms with Crippen molar-refractivity contribution in [2.75, 3.05) is 19.8 Å². The summed E-state index contributed by atoms with van der Waals surface area (Å²) >= 11 is 1.43. The number of rotatable bonds is 7. The molecule has 0 aliphatic heterocycles. The minimum atomic E-state index is -0.0521. The van der Waals surface area contributed by atoms with Gasteiger partial charge in [0.25, 0.3) is 5.91 Å². The third-order valence-electron chi connectivity index (χ3n) is 2.98. The number of thiazole rings is 1. The van der Waals surface area contributed by atoms with Crippen molar-refractivity contribution in [3.63, 3.8) is 0 Å². The van der Waals surface area contributed by atoms with Crippen molar-refractivity contribution in [2.24, 2.45) is 0 Å². The van der Waals surface area contributed by atoms with Gasteiger partial charge in [-0.1, -0.05) is 30.3 Å². The molecule has 0 saturated carbocycles. The van der Waals surface area contributed by atoms with Crippen molar-refractivity contribution in [1.29, 1.82) is 0 Å². The first-order valence-electron chi connectivity index (χ1n) is 7.11. The van der Waals surface area contributed by atoms with Gasteiger partial charge in [0.2, 0.25) is 0 Å². The molecule has 5 heteroatoms. The molecule has 1 aromatic heterocycles. The van der Waals surface area contributed by atoms with E-state index in [0.29, 0.717) is 24.6 Å². The Bertz CT molecular complexity index is 581. The summed E-state index contributed by atoms with van der Waals surface area (Å²) in [6.45, 7) is 5.84. The average molecular weight is 304 g/mol. The Morgan fingerprint density at radius 2 is 2.10 bits per heavy atom. The van der Waals surface area contributed by atoms with Gasteiger partial charge >= 0.3 is 0 Å². The van der Waals surface area contributed by atoms with E-state index in [2.05, 4.69) is 10.3 Å². The Labute approximate surface area is 129 Å². The van der Waals surface area contributed by atoms with Crippen molar-refractivity contribution < 1.29 is 9.53 Å². The van der Waals surface area contributed by atoms with Crippen LogP contribution in [-0.2, 0) is 4.74 Å². The molecule has 0 saturated heterocycles. The van der Waals surface area contributed by atoms with Crippen molar-refractivity contribution in [3.05, 3.63) is 40.9 Å². The van der Waals surface area contributed by atoms with Crippen LogP contribution in [0.2, 0.25) is 0 Å². The van der Waals surface area contributed by atoms with Crippen LogP contribution in [0.25, 0.3) is 10.6 Å². The van der Waals surface area contributed by atoms with Crippen LogP contribution in [0.15, 0.2) is 30.3 Å². The Balaban J connectivity index is 1.97. The summed E-state index contributed by atoms with van der Waals surface area (Å²) in [5.74, 6) is -0.0521. The third-order valence-corrected chi connectivity index (χ3v) is 4.18. The standard InChI is InChI=1S/C16H20N2O2S/c1-3-20-11-7-10-17-15(19)14-12(2)18-16(21-14)13-8-5-4-6-9-13/h4-6,8-9H,3,7,10-11H2,1-2H3,(H,17,19). The highest BCUT2D eigenvalue weighted by molar-refractivity contribution is 7.17. The Morgan fingerprint density at radius 3 is 2.81 bits per heavy atom. The van der Waals surface area contributed by atoms with E-state index in [1.54, 1.807) is 0 Å². The van der Waals surface area contributed by atoms with Crippen LogP contribution < -0.4 is 5.32 Å². The van der Waals surface area contributed by atoms with E-state index in [4.69, 9.17) is 4.74 Å². The zero-order valence-electron chi connectivity index (χ0n) is 12.4. The highest BCUT2D eigenvalue weighted by atomic mass is 32.1. The maximum Gasteiger partial charge on any atom is 0.263 e. The van der Waals surface area contributed by atoms with Crippen LogP contribution in [-0.4, -0.2) is 30.6 Å². The number of nitrogens with one attached hydrogen (secondary N) is 1. The topological polar surface area (TPSA) is 51.2 Å². The number of hydrogen-bond acceptors (Lipinski definition) is 4. The number of aromatic nitrogens is 1. The largest absolute Gasteiger partial charge is 0.382 e. The lowest BCUT2D eigenvalue weighted by Gasteiger charge is -2.04. The van der Waals surface area contributed by atoms with Crippen LogP contribution in [0.4, 0.5) is 0 Å². The van der Waals surface area contributed by atoms with Gasteiger partial charge in [-0.15, -0.1) is 11.3 Å². The maximum atomic E-state index is 12.2. The van der Waals surface area contributed by atoms with Gasteiger partial charge in [0.05, 0.1) is 5.69 Å². The smallest absolute Gasteiger partial charge is 0.263 e. The van der Waals surface area contributed by atoms with E-state index < -0.39 is 0 Å². The van der Waals surface area contributed by atoms with E-state index in [1.165, 1.54) is 11.3 Å². The van der Waals surface area contributed by atoms with Crippen molar-refractivity contribution in [3.8, 4) is 10.6 Å². The molecule has 0 spiro atoms. The van der Waals surface area contributed by atoms with Gasteiger partial charge in [0.1, 0.15) is 9.88 Å². The fourth-order valence-corrected chi connectivity index (χ4v) is 2.90. The van der Waals surface area contributed by atoms with Crippen LogP contribution in [0.3, 0.4) is 0 Å². The highest BCUT2D eigenvalue weighted by Gasteiger charge is 2.15. The van der Waals surface area contributed by atoms with Crippen molar-refractivity contribution in [1.82, 2.24) is 10.3 Å². The van der Waals surface area contributed by atoms with Crippen LogP contribution in [0, 0.1) is 6.92 Å². The monoisotopic (exact) mass is 304 g/mol. The molecule has 0 aliphatic carbocycles. The Kier molecular flexibility index (Phi) is 5.90. The zero-order chi connectivity index (χ0) is 15.1. The molecule has 21 heavy (non-hydrogen) atoms. The fraction of sp³-hybridized carbons (Fsp3) is 0.375. The van der Waals surface area contributed by atoms with E-state index in [9.17, 15) is 4.79 Å². The van der Waals surface area contributed by atoms with E-state index in [0.717, 1.165) is 22.7 Å². The van der Waals surface area contributed by atoms with Crippen molar-refractivity contribution in [2.45, 2.75) is 20.3 Å². The summed E-state index contributed by atoms with van der Waals surface area (Å²) in [7, 11) is 0. The number of benzene rings is 1.